The maximum atomic E-state index is 10.6. The Kier molecular flexibility index (Phi) is 2.35. The summed E-state index contributed by atoms with van der Waals surface area (Å²) in [4.78, 5) is 13.1. The van der Waals surface area contributed by atoms with Crippen LogP contribution < -0.4 is 0 Å². The highest BCUT2D eigenvalue weighted by atomic mass is 16.4. The van der Waals surface area contributed by atoms with Crippen LogP contribution in [-0.4, -0.2) is 35.6 Å². The van der Waals surface area contributed by atoms with Crippen molar-refractivity contribution in [1.82, 2.24) is 4.90 Å². The summed E-state index contributed by atoms with van der Waals surface area (Å²) < 4.78 is 0. The van der Waals surface area contributed by atoms with Gasteiger partial charge in [-0.1, -0.05) is 5.57 Å². The molecule has 0 atom stereocenters. The van der Waals surface area contributed by atoms with Gasteiger partial charge in [0.25, 0.3) is 0 Å². The van der Waals surface area contributed by atoms with Gasteiger partial charge in [-0.15, -0.1) is 0 Å². The molecule has 0 spiro atoms. The molecule has 1 N–H and O–H groups in total. The molecule has 0 aromatic heterocycles. The van der Waals surface area contributed by atoms with Crippen LogP contribution in [0.4, 0.5) is 0 Å². The molecular formula is C11H17NO2. The highest BCUT2D eigenvalue weighted by molar-refractivity contribution is 5.80. The van der Waals surface area contributed by atoms with E-state index in [0.29, 0.717) is 0 Å². The lowest BCUT2D eigenvalue weighted by Gasteiger charge is -2.49. The summed E-state index contributed by atoms with van der Waals surface area (Å²) in [6.07, 6.45) is 4.83. The summed E-state index contributed by atoms with van der Waals surface area (Å²) >= 11 is 0. The number of fused-ring (bicyclic) bond motifs is 3. The Bertz CT molecular complexity index is 261. The third kappa shape index (κ3) is 1.57. The largest absolute Gasteiger partial charge is 0.478 e. The van der Waals surface area contributed by atoms with E-state index in [1.807, 2.05) is 6.92 Å². The van der Waals surface area contributed by atoms with E-state index < -0.39 is 5.97 Å². The molecule has 0 aromatic rings. The lowest BCUT2D eigenvalue weighted by atomic mass is 9.67. The van der Waals surface area contributed by atoms with Crippen molar-refractivity contribution >= 4 is 5.97 Å². The number of nitrogens with zero attached hydrogens (tertiary/aromatic N) is 1. The average molecular weight is 195 g/mol. The molecule has 3 aliphatic heterocycles. The summed E-state index contributed by atoms with van der Waals surface area (Å²) in [7, 11) is 0. The molecule has 3 saturated heterocycles. The minimum atomic E-state index is -0.801. The van der Waals surface area contributed by atoms with Gasteiger partial charge in [-0.3, -0.25) is 0 Å². The highest BCUT2D eigenvalue weighted by Crippen LogP contribution is 2.45. The van der Waals surface area contributed by atoms with E-state index in [9.17, 15) is 4.79 Å². The summed E-state index contributed by atoms with van der Waals surface area (Å²) in [6, 6.07) is 0. The van der Waals surface area contributed by atoms with Crippen LogP contribution in [0, 0.1) is 5.41 Å². The first-order chi connectivity index (χ1) is 6.62. The van der Waals surface area contributed by atoms with Gasteiger partial charge in [-0.05, 0) is 51.2 Å². The van der Waals surface area contributed by atoms with Crippen LogP contribution in [0.3, 0.4) is 0 Å². The Hall–Kier alpha value is -0.830. The Labute approximate surface area is 84.4 Å². The molecule has 3 rings (SSSR count). The Morgan fingerprint density at radius 2 is 1.79 bits per heavy atom. The number of rotatable bonds is 2. The van der Waals surface area contributed by atoms with E-state index in [2.05, 4.69) is 4.90 Å². The number of aliphatic carboxylic acids is 1. The summed E-state index contributed by atoms with van der Waals surface area (Å²) in [6.45, 7) is 5.41. The van der Waals surface area contributed by atoms with Crippen molar-refractivity contribution in [3.8, 4) is 0 Å². The molecule has 3 heteroatoms. The van der Waals surface area contributed by atoms with Gasteiger partial charge < -0.3 is 10.0 Å². The molecule has 0 saturated carbocycles. The molecule has 2 bridgehead atoms. The lowest BCUT2D eigenvalue weighted by Crippen LogP contribution is -2.48. The predicted molar refractivity (Wildman–Crippen MR) is 54.1 cm³/mol. The monoisotopic (exact) mass is 195 g/mol. The number of hydrogen-bond donors (Lipinski definition) is 1. The third-order valence-corrected chi connectivity index (χ3v) is 3.90. The molecule has 14 heavy (non-hydrogen) atoms. The van der Waals surface area contributed by atoms with Gasteiger partial charge in [0.2, 0.25) is 0 Å². The first-order valence-corrected chi connectivity index (χ1v) is 5.26. The second kappa shape index (κ2) is 3.39. The van der Waals surface area contributed by atoms with E-state index in [1.165, 1.54) is 6.08 Å². The molecule has 78 valence electrons. The molecule has 0 aliphatic carbocycles. The maximum Gasteiger partial charge on any atom is 0.328 e. The van der Waals surface area contributed by atoms with Crippen molar-refractivity contribution in [1.29, 1.82) is 0 Å². The van der Waals surface area contributed by atoms with Gasteiger partial charge in [0, 0.05) is 6.08 Å². The molecule has 3 fully saturated rings. The smallest absolute Gasteiger partial charge is 0.328 e. The zero-order valence-corrected chi connectivity index (χ0v) is 8.62. The molecule has 3 aliphatic rings. The van der Waals surface area contributed by atoms with E-state index in [4.69, 9.17) is 5.11 Å². The van der Waals surface area contributed by atoms with Crippen LogP contribution in [0.15, 0.2) is 11.6 Å². The summed E-state index contributed by atoms with van der Waals surface area (Å²) in [5, 5.41) is 8.75. The number of carboxylic acids is 1. The summed E-state index contributed by atoms with van der Waals surface area (Å²) in [5.41, 5.74) is 1.29. The first kappa shape index (κ1) is 9.71. The average Bonchev–Trinajstić information content (AvgIpc) is 2.19. The van der Waals surface area contributed by atoms with Crippen molar-refractivity contribution in [2.75, 3.05) is 19.6 Å². The molecule has 0 unspecified atom stereocenters. The second-order valence-corrected chi connectivity index (χ2v) is 4.54. The number of hydrogen-bond acceptors (Lipinski definition) is 2. The fraction of sp³-hybridized carbons (Fsp3) is 0.727. The zero-order valence-electron chi connectivity index (χ0n) is 8.62. The van der Waals surface area contributed by atoms with Gasteiger partial charge in [0.15, 0.2) is 0 Å². The molecule has 0 radical (unpaired) electrons. The second-order valence-electron chi connectivity index (χ2n) is 4.54. The van der Waals surface area contributed by atoms with E-state index in [1.54, 1.807) is 0 Å². The van der Waals surface area contributed by atoms with Crippen LogP contribution >= 0.6 is 0 Å². The fourth-order valence-electron chi connectivity index (χ4n) is 2.76. The van der Waals surface area contributed by atoms with E-state index >= 15 is 0 Å². The number of allylic oxidation sites excluding steroid dienone is 1. The Morgan fingerprint density at radius 3 is 2.21 bits per heavy atom. The summed E-state index contributed by atoms with van der Waals surface area (Å²) in [5.74, 6) is -0.801. The van der Waals surface area contributed by atoms with Crippen molar-refractivity contribution in [2.24, 2.45) is 5.41 Å². The van der Waals surface area contributed by atoms with Crippen LogP contribution in [0.1, 0.15) is 26.2 Å². The molecule has 0 aromatic carbocycles. The quantitative estimate of drug-likeness (QED) is 0.679. The van der Waals surface area contributed by atoms with Gasteiger partial charge in [-0.25, -0.2) is 4.79 Å². The molecule has 3 nitrogen and oxygen atoms in total. The van der Waals surface area contributed by atoms with Crippen molar-refractivity contribution in [3.63, 3.8) is 0 Å². The Balaban J connectivity index is 2.18. The van der Waals surface area contributed by atoms with Gasteiger partial charge in [-0.2, -0.15) is 0 Å². The zero-order chi connectivity index (χ0) is 10.2. The minimum absolute atomic E-state index is 0.215. The predicted octanol–water partition coefficient (Wildman–Crippen LogP) is 1.50. The van der Waals surface area contributed by atoms with Crippen LogP contribution in [-0.2, 0) is 4.79 Å². The van der Waals surface area contributed by atoms with Crippen molar-refractivity contribution < 1.29 is 9.90 Å². The standard InChI is InChI=1S/C11H17NO2/c1-9(8-10(13)14)11-2-5-12(6-3-11)7-4-11/h8H,2-7H2,1H3,(H,13,14). The molecule has 3 heterocycles. The first-order valence-electron chi connectivity index (χ1n) is 5.26. The lowest BCUT2D eigenvalue weighted by molar-refractivity contribution is -0.131. The SMILES string of the molecule is CC(=CC(=O)O)C12CCN(CC1)CC2. The normalized spacial score (nSPS) is 37.2. The minimum Gasteiger partial charge on any atom is -0.478 e. The van der Waals surface area contributed by atoms with E-state index in [0.717, 1.165) is 44.5 Å². The Morgan fingerprint density at radius 1 is 1.29 bits per heavy atom. The third-order valence-electron chi connectivity index (χ3n) is 3.90. The number of carbonyl (C=O) groups is 1. The van der Waals surface area contributed by atoms with E-state index in [-0.39, 0.29) is 5.41 Å². The van der Waals surface area contributed by atoms with Gasteiger partial charge in [0.1, 0.15) is 0 Å². The topological polar surface area (TPSA) is 40.5 Å². The van der Waals surface area contributed by atoms with Crippen LogP contribution in [0.2, 0.25) is 0 Å². The number of carboxylic acid groups (broad SMARTS) is 1. The van der Waals surface area contributed by atoms with Crippen molar-refractivity contribution in [3.05, 3.63) is 11.6 Å². The van der Waals surface area contributed by atoms with Gasteiger partial charge >= 0.3 is 5.97 Å². The van der Waals surface area contributed by atoms with Crippen LogP contribution in [0.5, 0.6) is 0 Å². The molecule has 0 amide bonds. The van der Waals surface area contributed by atoms with Gasteiger partial charge in [0.05, 0.1) is 0 Å². The van der Waals surface area contributed by atoms with Crippen LogP contribution in [0.25, 0.3) is 0 Å². The molecular weight excluding hydrogens is 178 g/mol. The maximum absolute atomic E-state index is 10.6. The fourth-order valence-corrected chi connectivity index (χ4v) is 2.76. The highest BCUT2D eigenvalue weighted by Gasteiger charge is 2.40. The van der Waals surface area contributed by atoms with Crippen molar-refractivity contribution in [2.45, 2.75) is 26.2 Å². The number of piperidine rings is 3.